The van der Waals surface area contributed by atoms with Gasteiger partial charge in [0.05, 0.1) is 23.3 Å². The van der Waals surface area contributed by atoms with Gasteiger partial charge in [-0.2, -0.15) is 0 Å². The summed E-state index contributed by atoms with van der Waals surface area (Å²) in [4.78, 5) is 51.9. The normalized spacial score (nSPS) is 13.8. The van der Waals surface area contributed by atoms with Crippen molar-refractivity contribution in [1.82, 2.24) is 4.90 Å². The molecule has 8 nitrogen and oxygen atoms in total. The van der Waals surface area contributed by atoms with Crippen LogP contribution in [0.2, 0.25) is 0 Å². The fourth-order valence-electron chi connectivity index (χ4n) is 3.48. The van der Waals surface area contributed by atoms with Crippen molar-refractivity contribution in [2.45, 2.75) is 26.3 Å². The second-order valence-electron chi connectivity index (χ2n) is 7.87. The first kappa shape index (κ1) is 23.1. The van der Waals surface area contributed by atoms with Gasteiger partial charge in [0, 0.05) is 12.8 Å². The van der Waals surface area contributed by atoms with Crippen LogP contribution in [0, 0.1) is 5.92 Å². The number of fused-ring (bicyclic) bond motifs is 1. The number of ether oxygens (including phenoxy) is 2. The summed E-state index contributed by atoms with van der Waals surface area (Å²) in [7, 11) is 1.51. The number of anilines is 1. The molecule has 2 aromatic carbocycles. The molecule has 0 saturated carbocycles. The third-order valence-electron chi connectivity index (χ3n) is 5.04. The maximum Gasteiger partial charge on any atom is 0.338 e. The van der Waals surface area contributed by atoms with E-state index >= 15 is 0 Å². The van der Waals surface area contributed by atoms with Crippen LogP contribution in [0.15, 0.2) is 48.5 Å². The number of benzene rings is 2. The maximum atomic E-state index is 13.1. The molecule has 1 aliphatic heterocycles. The van der Waals surface area contributed by atoms with Gasteiger partial charge in [-0.25, -0.2) is 4.79 Å². The van der Waals surface area contributed by atoms with Crippen molar-refractivity contribution < 1.29 is 28.7 Å². The van der Waals surface area contributed by atoms with Crippen LogP contribution < -0.4 is 5.32 Å². The Hall–Kier alpha value is -3.52. The second kappa shape index (κ2) is 10.2. The summed E-state index contributed by atoms with van der Waals surface area (Å²) in [5.74, 6) is -1.84. The number of hydrogen-bond acceptors (Lipinski definition) is 6. The molecule has 1 atom stereocenters. The molecule has 1 N–H and O–H groups in total. The third-order valence-corrected chi connectivity index (χ3v) is 5.04. The Kier molecular flexibility index (Phi) is 7.37. The van der Waals surface area contributed by atoms with E-state index in [0.29, 0.717) is 35.4 Å². The highest BCUT2D eigenvalue weighted by atomic mass is 16.6. The summed E-state index contributed by atoms with van der Waals surface area (Å²) in [6, 6.07) is 11.8. The molecule has 1 heterocycles. The Labute approximate surface area is 186 Å². The van der Waals surface area contributed by atoms with Gasteiger partial charge in [0.15, 0.2) is 0 Å². The number of rotatable bonds is 9. The number of methoxy groups -OCH3 is 1. The monoisotopic (exact) mass is 438 g/mol. The van der Waals surface area contributed by atoms with Crippen molar-refractivity contribution in [2.24, 2.45) is 5.92 Å². The third kappa shape index (κ3) is 5.03. The SMILES string of the molecule is COCCOC(=O)c1ccc(NC(=O)C(CC(C)C)N2C(=O)c3ccccc3C2=O)cc1. The summed E-state index contributed by atoms with van der Waals surface area (Å²) < 4.78 is 9.90. The average Bonchev–Trinajstić information content (AvgIpc) is 3.03. The summed E-state index contributed by atoms with van der Waals surface area (Å²) in [5.41, 5.74) is 1.37. The average molecular weight is 438 g/mol. The van der Waals surface area contributed by atoms with Crippen molar-refractivity contribution >= 4 is 29.4 Å². The number of carbonyl (C=O) groups is 4. The summed E-state index contributed by atoms with van der Waals surface area (Å²) in [6.45, 7) is 4.28. The molecule has 0 saturated heterocycles. The van der Waals surface area contributed by atoms with Gasteiger partial charge in [0.1, 0.15) is 12.6 Å². The van der Waals surface area contributed by atoms with E-state index in [0.717, 1.165) is 4.90 Å². The zero-order valence-corrected chi connectivity index (χ0v) is 18.3. The summed E-state index contributed by atoms with van der Waals surface area (Å²) >= 11 is 0. The number of hydrogen-bond donors (Lipinski definition) is 1. The summed E-state index contributed by atoms with van der Waals surface area (Å²) in [6.07, 6.45) is 0.321. The van der Waals surface area contributed by atoms with Crippen LogP contribution >= 0.6 is 0 Å². The highest BCUT2D eigenvalue weighted by molar-refractivity contribution is 6.23. The smallest absolute Gasteiger partial charge is 0.338 e. The molecule has 0 fully saturated rings. The van der Waals surface area contributed by atoms with Crippen molar-refractivity contribution in [1.29, 1.82) is 0 Å². The molecule has 3 rings (SSSR count). The minimum absolute atomic E-state index is 0.0688. The number of carbonyl (C=O) groups excluding carboxylic acids is 4. The molecule has 168 valence electrons. The Morgan fingerprint density at radius 2 is 1.53 bits per heavy atom. The Morgan fingerprint density at radius 1 is 0.938 bits per heavy atom. The van der Waals surface area contributed by atoms with E-state index in [9.17, 15) is 19.2 Å². The van der Waals surface area contributed by atoms with E-state index in [4.69, 9.17) is 9.47 Å². The van der Waals surface area contributed by atoms with Gasteiger partial charge in [0.2, 0.25) is 5.91 Å². The van der Waals surface area contributed by atoms with E-state index in [1.807, 2.05) is 13.8 Å². The molecule has 0 spiro atoms. The van der Waals surface area contributed by atoms with E-state index in [1.54, 1.807) is 36.4 Å². The lowest BCUT2D eigenvalue weighted by molar-refractivity contribution is -0.120. The van der Waals surface area contributed by atoms with Crippen LogP contribution in [0.1, 0.15) is 51.3 Å². The van der Waals surface area contributed by atoms with Gasteiger partial charge in [-0.05, 0) is 48.7 Å². The quantitative estimate of drug-likeness (QED) is 0.367. The predicted molar refractivity (Wildman–Crippen MR) is 117 cm³/mol. The molecule has 0 radical (unpaired) electrons. The van der Waals surface area contributed by atoms with Crippen molar-refractivity contribution in [3.05, 3.63) is 65.2 Å². The molecule has 1 unspecified atom stereocenters. The minimum Gasteiger partial charge on any atom is -0.460 e. The van der Waals surface area contributed by atoms with Crippen molar-refractivity contribution in [3.8, 4) is 0 Å². The first-order valence-corrected chi connectivity index (χ1v) is 10.4. The topological polar surface area (TPSA) is 102 Å². The van der Waals surface area contributed by atoms with Crippen LogP contribution in [0.25, 0.3) is 0 Å². The van der Waals surface area contributed by atoms with Crippen LogP contribution in [-0.2, 0) is 14.3 Å². The zero-order chi connectivity index (χ0) is 23.3. The van der Waals surface area contributed by atoms with Gasteiger partial charge in [-0.15, -0.1) is 0 Å². The maximum absolute atomic E-state index is 13.1. The first-order chi connectivity index (χ1) is 15.3. The highest BCUT2D eigenvalue weighted by Gasteiger charge is 2.42. The predicted octanol–water partition coefficient (Wildman–Crippen LogP) is 3.14. The van der Waals surface area contributed by atoms with Crippen LogP contribution in [0.4, 0.5) is 5.69 Å². The first-order valence-electron chi connectivity index (χ1n) is 10.4. The molecule has 32 heavy (non-hydrogen) atoms. The second-order valence-corrected chi connectivity index (χ2v) is 7.87. The lowest BCUT2D eigenvalue weighted by Gasteiger charge is -2.26. The molecule has 0 aliphatic carbocycles. The molecule has 0 aromatic heterocycles. The van der Waals surface area contributed by atoms with Gasteiger partial charge in [-0.1, -0.05) is 26.0 Å². The lowest BCUT2D eigenvalue weighted by Crippen LogP contribution is -2.47. The number of nitrogens with one attached hydrogen (secondary N) is 1. The van der Waals surface area contributed by atoms with Gasteiger partial charge >= 0.3 is 5.97 Å². The Bertz CT molecular complexity index is 980. The molecule has 3 amide bonds. The number of esters is 1. The van der Waals surface area contributed by atoms with Crippen LogP contribution in [-0.4, -0.2) is 55.0 Å². The standard InChI is InChI=1S/C24H26N2O6/c1-15(2)14-20(26-22(28)18-6-4-5-7-19(18)23(26)29)21(27)25-17-10-8-16(9-11-17)24(30)32-13-12-31-3/h4-11,15,20H,12-14H2,1-3H3,(H,25,27). The van der Waals surface area contributed by atoms with Gasteiger partial charge in [-0.3, -0.25) is 19.3 Å². The lowest BCUT2D eigenvalue weighted by atomic mass is 10.0. The van der Waals surface area contributed by atoms with Gasteiger partial charge < -0.3 is 14.8 Å². The largest absolute Gasteiger partial charge is 0.460 e. The van der Waals surface area contributed by atoms with Gasteiger partial charge in [0.25, 0.3) is 11.8 Å². The van der Waals surface area contributed by atoms with E-state index in [2.05, 4.69) is 5.32 Å². The number of imide groups is 1. The minimum atomic E-state index is -0.957. The number of amides is 3. The molecular formula is C24H26N2O6. The molecule has 2 aromatic rings. The molecular weight excluding hydrogens is 412 g/mol. The van der Waals surface area contributed by atoms with E-state index < -0.39 is 29.7 Å². The fraction of sp³-hybridized carbons (Fsp3) is 0.333. The van der Waals surface area contributed by atoms with E-state index in [1.165, 1.54) is 19.2 Å². The molecule has 8 heteroatoms. The zero-order valence-electron chi connectivity index (χ0n) is 18.3. The Balaban J connectivity index is 1.74. The van der Waals surface area contributed by atoms with Crippen LogP contribution in [0.3, 0.4) is 0 Å². The molecule has 0 bridgehead atoms. The fourth-order valence-corrected chi connectivity index (χ4v) is 3.48. The van der Waals surface area contributed by atoms with Crippen LogP contribution in [0.5, 0.6) is 0 Å². The Morgan fingerprint density at radius 3 is 2.06 bits per heavy atom. The highest BCUT2D eigenvalue weighted by Crippen LogP contribution is 2.27. The molecule has 1 aliphatic rings. The van der Waals surface area contributed by atoms with Crippen molar-refractivity contribution in [3.63, 3.8) is 0 Å². The number of nitrogens with zero attached hydrogens (tertiary/aromatic N) is 1. The summed E-state index contributed by atoms with van der Waals surface area (Å²) in [5, 5.41) is 2.75. The van der Waals surface area contributed by atoms with Crippen molar-refractivity contribution in [2.75, 3.05) is 25.6 Å². The van der Waals surface area contributed by atoms with E-state index in [-0.39, 0.29) is 12.5 Å².